The maximum Gasteiger partial charge on any atom is 0.260 e. The average molecular weight is 399 g/mol. The van der Waals surface area contributed by atoms with Gasteiger partial charge in [0.1, 0.15) is 5.75 Å². The Kier molecular flexibility index (Phi) is 3.88. The minimum Gasteiger partial charge on any atom is -0.492 e. The minimum absolute atomic E-state index is 0.0728. The molecule has 4 bridgehead atoms. The number of halogens is 2. The Hall–Kier alpha value is -0.520. The first-order valence-electron chi connectivity index (χ1n) is 9.50. The molecule has 1 saturated heterocycles. The van der Waals surface area contributed by atoms with Crippen molar-refractivity contribution in [3.8, 4) is 5.75 Å². The first-order chi connectivity index (χ1) is 12.5. The molecule has 3 unspecified atom stereocenters. The number of ether oxygens (including phenoxy) is 2. The first kappa shape index (κ1) is 17.6. The third-order valence-corrected chi connectivity index (χ3v) is 7.81. The summed E-state index contributed by atoms with van der Waals surface area (Å²) in [5.74, 6) is 1.08. The van der Waals surface area contributed by atoms with Gasteiger partial charge in [-0.1, -0.05) is 17.7 Å². The summed E-state index contributed by atoms with van der Waals surface area (Å²) in [6.07, 6.45) is 5.31. The highest BCUT2D eigenvalue weighted by atomic mass is 35.5. The standard InChI is InChI=1S/C20H24Cl2O4/c1-3-24-17-8-13(4-5-16(17)21)20(23-2)19(25-26-20)14-6-12-7-15(19)11-18(22,9-12)10-14/h4-5,8,12,14-15H,3,6-7,9-11H2,1-2H3. The normalized spacial score (nSPS) is 45.8. The molecular weight excluding hydrogens is 375 g/mol. The van der Waals surface area contributed by atoms with Crippen LogP contribution in [0.3, 0.4) is 0 Å². The molecular formula is C20H24Cl2O4. The van der Waals surface area contributed by atoms with Gasteiger partial charge in [0.2, 0.25) is 0 Å². The van der Waals surface area contributed by atoms with Crippen molar-refractivity contribution in [2.24, 2.45) is 17.8 Å². The van der Waals surface area contributed by atoms with E-state index in [2.05, 4.69) is 0 Å². The van der Waals surface area contributed by atoms with Crippen molar-refractivity contribution >= 4 is 23.2 Å². The van der Waals surface area contributed by atoms with Crippen molar-refractivity contribution in [2.75, 3.05) is 13.7 Å². The van der Waals surface area contributed by atoms with Crippen molar-refractivity contribution in [1.82, 2.24) is 0 Å². The number of methoxy groups -OCH3 is 1. The van der Waals surface area contributed by atoms with E-state index in [1.807, 2.05) is 25.1 Å². The Morgan fingerprint density at radius 2 is 1.88 bits per heavy atom. The summed E-state index contributed by atoms with van der Waals surface area (Å²) in [4.78, 5) is 11.7. The molecule has 0 aromatic heterocycles. The second kappa shape index (κ2) is 5.74. The van der Waals surface area contributed by atoms with Crippen LogP contribution in [0.15, 0.2) is 18.2 Å². The Balaban J connectivity index is 1.59. The molecule has 3 atom stereocenters. The largest absolute Gasteiger partial charge is 0.492 e. The number of hydrogen-bond donors (Lipinski definition) is 0. The lowest BCUT2D eigenvalue weighted by molar-refractivity contribution is -0.645. The van der Waals surface area contributed by atoms with E-state index in [-0.39, 0.29) is 4.87 Å². The fourth-order valence-electron chi connectivity index (χ4n) is 6.32. The molecule has 4 nitrogen and oxygen atoms in total. The topological polar surface area (TPSA) is 36.9 Å². The van der Waals surface area contributed by atoms with Gasteiger partial charge in [-0.2, -0.15) is 4.89 Å². The third-order valence-electron chi connectivity index (χ3n) is 7.04. The van der Waals surface area contributed by atoms with E-state index in [0.29, 0.717) is 35.1 Å². The van der Waals surface area contributed by atoms with Crippen molar-refractivity contribution in [3.63, 3.8) is 0 Å². The average Bonchev–Trinajstić information content (AvgIpc) is 2.56. The van der Waals surface area contributed by atoms with Crippen LogP contribution in [0, 0.1) is 17.8 Å². The van der Waals surface area contributed by atoms with E-state index < -0.39 is 11.4 Å². The van der Waals surface area contributed by atoms with Gasteiger partial charge < -0.3 is 9.47 Å². The molecule has 5 fully saturated rings. The van der Waals surface area contributed by atoms with Crippen LogP contribution in [0.5, 0.6) is 5.75 Å². The number of alkyl halides is 1. The lowest BCUT2D eigenvalue weighted by Crippen LogP contribution is -2.78. The zero-order valence-corrected chi connectivity index (χ0v) is 16.6. The van der Waals surface area contributed by atoms with Gasteiger partial charge in [0.15, 0.2) is 5.60 Å². The van der Waals surface area contributed by atoms with Crippen molar-refractivity contribution in [3.05, 3.63) is 28.8 Å². The Morgan fingerprint density at radius 3 is 2.42 bits per heavy atom. The highest BCUT2D eigenvalue weighted by Gasteiger charge is 2.78. The summed E-state index contributed by atoms with van der Waals surface area (Å²) in [6.45, 7) is 2.49. The SMILES string of the molecule is CCOc1cc(C2(OC)OOC23C2CC4CC3CC(Cl)(C4)C2)ccc1Cl. The zero-order valence-electron chi connectivity index (χ0n) is 15.1. The van der Waals surface area contributed by atoms with Crippen LogP contribution < -0.4 is 4.74 Å². The molecule has 0 N–H and O–H groups in total. The second-order valence-corrected chi connectivity index (χ2v) is 9.56. The maximum absolute atomic E-state index is 6.93. The van der Waals surface area contributed by atoms with Crippen LogP contribution in [0.25, 0.3) is 0 Å². The number of benzene rings is 1. The molecule has 6 rings (SSSR count). The molecule has 5 aliphatic rings. The molecule has 1 spiro atoms. The molecule has 1 aliphatic heterocycles. The lowest BCUT2D eigenvalue weighted by atomic mass is 9.46. The molecule has 4 saturated carbocycles. The summed E-state index contributed by atoms with van der Waals surface area (Å²) in [7, 11) is 1.70. The molecule has 4 aliphatic carbocycles. The summed E-state index contributed by atoms with van der Waals surface area (Å²) < 4.78 is 11.7. The fourth-order valence-corrected chi connectivity index (χ4v) is 7.08. The Morgan fingerprint density at radius 1 is 1.15 bits per heavy atom. The Bertz CT molecular complexity index is 719. The second-order valence-electron chi connectivity index (χ2n) is 8.35. The molecule has 0 radical (unpaired) electrons. The van der Waals surface area contributed by atoms with E-state index in [4.69, 9.17) is 42.5 Å². The highest BCUT2D eigenvalue weighted by Crippen LogP contribution is 2.71. The highest BCUT2D eigenvalue weighted by molar-refractivity contribution is 6.32. The smallest absolute Gasteiger partial charge is 0.260 e. The van der Waals surface area contributed by atoms with E-state index in [1.165, 1.54) is 0 Å². The number of hydrogen-bond acceptors (Lipinski definition) is 4. The van der Waals surface area contributed by atoms with Gasteiger partial charge in [-0.25, -0.2) is 4.89 Å². The van der Waals surface area contributed by atoms with E-state index >= 15 is 0 Å². The maximum atomic E-state index is 6.93. The van der Waals surface area contributed by atoms with Gasteiger partial charge in [-0.15, -0.1) is 11.6 Å². The fraction of sp³-hybridized carbons (Fsp3) is 0.700. The monoisotopic (exact) mass is 398 g/mol. The quantitative estimate of drug-likeness (QED) is 0.524. The van der Waals surface area contributed by atoms with E-state index in [1.54, 1.807) is 7.11 Å². The molecule has 26 heavy (non-hydrogen) atoms. The minimum atomic E-state index is -0.931. The molecule has 1 heterocycles. The van der Waals surface area contributed by atoms with Gasteiger partial charge >= 0.3 is 0 Å². The lowest BCUT2D eigenvalue weighted by Gasteiger charge is -2.70. The van der Waals surface area contributed by atoms with Crippen LogP contribution in [0.2, 0.25) is 5.02 Å². The summed E-state index contributed by atoms with van der Waals surface area (Å²) in [6, 6.07) is 5.73. The van der Waals surface area contributed by atoms with Gasteiger partial charge in [-0.3, -0.25) is 0 Å². The van der Waals surface area contributed by atoms with Gasteiger partial charge in [-0.05, 0) is 68.9 Å². The molecule has 142 valence electrons. The van der Waals surface area contributed by atoms with Crippen molar-refractivity contribution in [2.45, 2.75) is 55.3 Å². The summed E-state index contributed by atoms with van der Waals surface area (Å²) in [5, 5.41) is 0.584. The first-order valence-corrected chi connectivity index (χ1v) is 10.3. The molecule has 1 aromatic rings. The molecule has 0 amide bonds. The third kappa shape index (κ3) is 2.08. The van der Waals surface area contributed by atoms with Crippen LogP contribution in [0.1, 0.15) is 44.6 Å². The molecule has 1 aromatic carbocycles. The molecule has 6 heteroatoms. The van der Waals surface area contributed by atoms with Crippen molar-refractivity contribution in [1.29, 1.82) is 0 Å². The van der Waals surface area contributed by atoms with E-state index in [0.717, 1.165) is 37.7 Å². The van der Waals surface area contributed by atoms with Crippen LogP contribution in [-0.4, -0.2) is 24.2 Å². The zero-order chi connectivity index (χ0) is 18.2. The van der Waals surface area contributed by atoms with Crippen LogP contribution in [0.4, 0.5) is 0 Å². The van der Waals surface area contributed by atoms with Gasteiger partial charge in [0, 0.05) is 17.5 Å². The van der Waals surface area contributed by atoms with Gasteiger partial charge in [0.05, 0.1) is 11.6 Å². The number of rotatable bonds is 4. The van der Waals surface area contributed by atoms with Crippen molar-refractivity contribution < 1.29 is 19.2 Å². The predicted molar refractivity (Wildman–Crippen MR) is 98.3 cm³/mol. The van der Waals surface area contributed by atoms with Crippen LogP contribution >= 0.6 is 23.2 Å². The van der Waals surface area contributed by atoms with Gasteiger partial charge in [0.25, 0.3) is 5.79 Å². The van der Waals surface area contributed by atoms with E-state index in [9.17, 15) is 0 Å². The summed E-state index contributed by atoms with van der Waals surface area (Å²) >= 11 is 13.2. The Labute approximate surface area is 164 Å². The van der Waals surface area contributed by atoms with Crippen LogP contribution in [-0.2, 0) is 20.3 Å². The predicted octanol–water partition coefficient (Wildman–Crippen LogP) is 5.06. The summed E-state index contributed by atoms with van der Waals surface area (Å²) in [5.41, 5.74) is 0.421.